The second-order valence-electron chi connectivity index (χ2n) is 8.11. The molecule has 0 spiro atoms. The third-order valence-electron chi connectivity index (χ3n) is 6.00. The third kappa shape index (κ3) is 4.61. The number of H-pyrrole nitrogens is 1. The smallest absolute Gasteiger partial charge is 0.241 e. The fraction of sp³-hybridized carbons (Fsp3) is 0.280. The lowest BCUT2D eigenvalue weighted by Gasteiger charge is -2.31. The number of likely N-dealkylation sites (tertiary alicyclic amines) is 1. The number of nitrogens with zero attached hydrogens (tertiary/aromatic N) is 4. The van der Waals surface area contributed by atoms with Crippen LogP contribution in [0, 0.1) is 0 Å². The number of para-hydroxylation sites is 2. The molecular weight excluding hydrogens is 421 g/mol. The largest absolute Gasteiger partial charge is 0.437 e. The number of carbonyl (C=O) groups is 1. The molecule has 33 heavy (non-hydrogen) atoms. The van der Waals surface area contributed by atoms with Crippen molar-refractivity contribution in [3.63, 3.8) is 0 Å². The van der Waals surface area contributed by atoms with Crippen LogP contribution in [0.1, 0.15) is 40.6 Å². The first-order chi connectivity index (χ1) is 16.2. The van der Waals surface area contributed by atoms with Gasteiger partial charge in [0.1, 0.15) is 18.1 Å². The molecule has 0 amide bonds. The second-order valence-corrected chi connectivity index (χ2v) is 8.11. The number of nitrogens with one attached hydrogen (secondary N) is 1. The van der Waals surface area contributed by atoms with E-state index in [0.29, 0.717) is 29.6 Å². The summed E-state index contributed by atoms with van der Waals surface area (Å²) in [6.45, 7) is 1.83. The van der Waals surface area contributed by atoms with Gasteiger partial charge < -0.3 is 14.6 Å². The number of carbonyl (C=O) groups excluding carboxylic acids is 1. The van der Waals surface area contributed by atoms with Crippen molar-refractivity contribution in [3.05, 3.63) is 78.0 Å². The number of hydrogen-bond acceptors (Lipinski definition) is 6. The van der Waals surface area contributed by atoms with E-state index in [-0.39, 0.29) is 18.4 Å². The minimum atomic E-state index is -0.320. The molecule has 7 nitrogen and oxygen atoms in total. The summed E-state index contributed by atoms with van der Waals surface area (Å²) in [5.41, 5.74) is 2.92. The van der Waals surface area contributed by atoms with Gasteiger partial charge in [0.2, 0.25) is 11.7 Å². The average molecular weight is 445 g/mol. The molecule has 1 saturated heterocycles. The molecule has 0 bridgehead atoms. The van der Waals surface area contributed by atoms with Crippen LogP contribution < -0.4 is 4.74 Å². The van der Waals surface area contributed by atoms with E-state index in [9.17, 15) is 9.18 Å². The SMILES string of the molecule is O=C(c1ccc(Oc2nccnc2C2CCN(CCF)CC2)cc1)c1nc2ccccc2[nH]1. The van der Waals surface area contributed by atoms with Gasteiger partial charge in [-0.05, 0) is 62.3 Å². The first kappa shape index (κ1) is 21.2. The molecule has 4 aromatic rings. The topological polar surface area (TPSA) is 84.0 Å². The molecule has 1 N–H and O–H groups in total. The van der Waals surface area contributed by atoms with Gasteiger partial charge in [-0.1, -0.05) is 12.1 Å². The Bertz CT molecular complexity index is 1220. The van der Waals surface area contributed by atoms with Gasteiger partial charge in [0.15, 0.2) is 5.82 Å². The number of aromatic amines is 1. The van der Waals surface area contributed by atoms with E-state index in [1.807, 2.05) is 24.3 Å². The lowest BCUT2D eigenvalue weighted by Crippen LogP contribution is -2.34. The zero-order valence-electron chi connectivity index (χ0n) is 18.1. The van der Waals surface area contributed by atoms with Crippen molar-refractivity contribution in [2.24, 2.45) is 0 Å². The Labute approximate surface area is 190 Å². The zero-order chi connectivity index (χ0) is 22.6. The van der Waals surface area contributed by atoms with Gasteiger partial charge in [-0.2, -0.15) is 0 Å². The highest BCUT2D eigenvalue weighted by Crippen LogP contribution is 2.33. The van der Waals surface area contributed by atoms with Crippen molar-refractivity contribution in [3.8, 4) is 11.6 Å². The van der Waals surface area contributed by atoms with Crippen molar-refractivity contribution >= 4 is 16.8 Å². The number of benzene rings is 2. The number of ether oxygens (including phenoxy) is 1. The monoisotopic (exact) mass is 445 g/mol. The van der Waals surface area contributed by atoms with Gasteiger partial charge in [-0.15, -0.1) is 0 Å². The van der Waals surface area contributed by atoms with Crippen molar-refractivity contribution in [1.29, 1.82) is 0 Å². The minimum Gasteiger partial charge on any atom is -0.437 e. The standard InChI is InChI=1S/C25H24FN5O2/c26-11-16-31-14-9-17(10-15-31)22-25(28-13-12-27-22)33-19-7-5-18(6-8-19)23(32)24-29-20-3-1-2-4-21(20)30-24/h1-8,12-13,17H,9-11,14-16H2,(H,29,30). The molecule has 0 atom stereocenters. The zero-order valence-corrected chi connectivity index (χ0v) is 18.1. The lowest BCUT2D eigenvalue weighted by molar-refractivity contribution is 0.103. The summed E-state index contributed by atoms with van der Waals surface area (Å²) >= 11 is 0. The Hall–Kier alpha value is -3.65. The van der Waals surface area contributed by atoms with E-state index in [2.05, 4.69) is 24.8 Å². The highest BCUT2D eigenvalue weighted by Gasteiger charge is 2.25. The number of aromatic nitrogens is 4. The molecule has 0 saturated carbocycles. The average Bonchev–Trinajstić information content (AvgIpc) is 3.30. The van der Waals surface area contributed by atoms with E-state index in [4.69, 9.17) is 4.74 Å². The quantitative estimate of drug-likeness (QED) is 0.421. The van der Waals surface area contributed by atoms with Gasteiger partial charge in [0.05, 0.1) is 11.0 Å². The first-order valence-electron chi connectivity index (χ1n) is 11.1. The molecular formula is C25H24FN5O2. The highest BCUT2D eigenvalue weighted by atomic mass is 19.1. The number of rotatable bonds is 7. The normalized spacial score (nSPS) is 15.1. The van der Waals surface area contributed by atoms with Crippen LogP contribution in [0.4, 0.5) is 4.39 Å². The molecule has 8 heteroatoms. The highest BCUT2D eigenvalue weighted by molar-refractivity contribution is 6.08. The van der Waals surface area contributed by atoms with Gasteiger partial charge >= 0.3 is 0 Å². The van der Waals surface area contributed by atoms with E-state index in [1.54, 1.807) is 36.7 Å². The fourth-order valence-corrected chi connectivity index (χ4v) is 4.23. The van der Waals surface area contributed by atoms with Crippen molar-refractivity contribution in [1.82, 2.24) is 24.8 Å². The number of imidazole rings is 1. The van der Waals surface area contributed by atoms with E-state index >= 15 is 0 Å². The van der Waals surface area contributed by atoms with Crippen LogP contribution in [0.3, 0.4) is 0 Å². The Morgan fingerprint density at radius 2 is 1.82 bits per heavy atom. The van der Waals surface area contributed by atoms with Gasteiger partial charge in [-0.25, -0.2) is 14.4 Å². The van der Waals surface area contributed by atoms with E-state index in [1.165, 1.54) is 0 Å². The van der Waals surface area contributed by atoms with Crippen LogP contribution in [0.2, 0.25) is 0 Å². The van der Waals surface area contributed by atoms with Gasteiger partial charge in [0.25, 0.3) is 0 Å². The summed E-state index contributed by atoms with van der Waals surface area (Å²) < 4.78 is 18.7. The summed E-state index contributed by atoms with van der Waals surface area (Å²) in [4.78, 5) is 31.3. The molecule has 3 heterocycles. The summed E-state index contributed by atoms with van der Waals surface area (Å²) in [6.07, 6.45) is 5.06. The van der Waals surface area contributed by atoms with E-state index in [0.717, 1.165) is 42.7 Å². The Kier molecular flexibility index (Phi) is 6.08. The minimum absolute atomic E-state index is 0.182. The molecule has 1 aliphatic heterocycles. The van der Waals surface area contributed by atoms with Crippen molar-refractivity contribution in [2.75, 3.05) is 26.3 Å². The Morgan fingerprint density at radius 1 is 1.06 bits per heavy atom. The number of halogens is 1. The number of piperidine rings is 1. The molecule has 0 radical (unpaired) electrons. The number of ketones is 1. The van der Waals surface area contributed by atoms with E-state index < -0.39 is 0 Å². The molecule has 0 aliphatic carbocycles. The van der Waals surface area contributed by atoms with Crippen molar-refractivity contribution < 1.29 is 13.9 Å². The van der Waals surface area contributed by atoms with Gasteiger partial charge in [-0.3, -0.25) is 9.78 Å². The third-order valence-corrected chi connectivity index (χ3v) is 6.00. The molecule has 2 aromatic carbocycles. The molecule has 2 aromatic heterocycles. The lowest BCUT2D eigenvalue weighted by atomic mass is 9.93. The second kappa shape index (κ2) is 9.46. The van der Waals surface area contributed by atoms with Crippen LogP contribution in [0.5, 0.6) is 11.6 Å². The molecule has 5 rings (SSSR count). The predicted molar refractivity (Wildman–Crippen MR) is 122 cm³/mol. The van der Waals surface area contributed by atoms with Crippen LogP contribution >= 0.6 is 0 Å². The summed E-state index contributed by atoms with van der Waals surface area (Å²) in [5.74, 6) is 1.39. The van der Waals surface area contributed by atoms with Crippen LogP contribution in [-0.4, -0.2) is 56.9 Å². The Morgan fingerprint density at radius 3 is 2.58 bits per heavy atom. The first-order valence-corrected chi connectivity index (χ1v) is 11.1. The number of fused-ring (bicyclic) bond motifs is 1. The Balaban J connectivity index is 1.29. The van der Waals surface area contributed by atoms with Crippen molar-refractivity contribution in [2.45, 2.75) is 18.8 Å². The van der Waals surface area contributed by atoms with Crippen LogP contribution in [0.25, 0.3) is 11.0 Å². The number of hydrogen-bond donors (Lipinski definition) is 1. The molecule has 1 aliphatic rings. The van der Waals surface area contributed by atoms with Gasteiger partial charge in [0, 0.05) is 30.4 Å². The maximum atomic E-state index is 12.8. The summed E-state index contributed by atoms with van der Waals surface area (Å²) in [6, 6.07) is 14.5. The van der Waals surface area contributed by atoms with Crippen LogP contribution in [-0.2, 0) is 0 Å². The molecule has 168 valence electrons. The fourth-order valence-electron chi connectivity index (χ4n) is 4.23. The number of alkyl halides is 1. The maximum Gasteiger partial charge on any atom is 0.241 e. The summed E-state index contributed by atoms with van der Waals surface area (Å²) in [5, 5.41) is 0. The predicted octanol–water partition coefficient (Wildman–Crippen LogP) is 4.53. The molecule has 0 unspecified atom stereocenters. The maximum absolute atomic E-state index is 12.8. The molecule has 1 fully saturated rings. The van der Waals surface area contributed by atoms with Crippen LogP contribution in [0.15, 0.2) is 60.9 Å². The summed E-state index contributed by atoms with van der Waals surface area (Å²) in [7, 11) is 0.